The number of fused-ring (bicyclic) bond motifs is 1. The number of aromatic amines is 1. The number of benzene rings is 2. The van der Waals surface area contributed by atoms with Crippen molar-refractivity contribution < 1.29 is 13.2 Å². The Morgan fingerprint density at radius 3 is 2.53 bits per heavy atom. The number of pyridine rings is 1. The van der Waals surface area contributed by atoms with Gasteiger partial charge < -0.3 is 10.3 Å². The molecule has 178 valence electrons. The predicted octanol–water partition coefficient (Wildman–Crippen LogP) is 4.57. The first-order valence-corrected chi connectivity index (χ1v) is 12.9. The van der Waals surface area contributed by atoms with Crippen LogP contribution >= 0.6 is 0 Å². The number of aromatic nitrogens is 1. The maximum atomic E-state index is 13.1. The lowest BCUT2D eigenvalue weighted by atomic mass is 9.97. The van der Waals surface area contributed by atoms with E-state index in [1.807, 2.05) is 19.9 Å². The number of allylic oxidation sites excluding steroid dienone is 1. The third-order valence-corrected chi connectivity index (χ3v) is 7.38. The molecule has 0 atom stereocenters. The molecule has 1 amide bonds. The Labute approximate surface area is 199 Å². The van der Waals surface area contributed by atoms with Crippen LogP contribution in [0.2, 0.25) is 0 Å². The molecule has 2 aromatic carbocycles. The number of amides is 1. The number of rotatable bonds is 7. The number of carbonyl (C=O) groups is 1. The van der Waals surface area contributed by atoms with E-state index in [0.717, 1.165) is 30.4 Å². The van der Waals surface area contributed by atoms with Crippen LogP contribution in [0.3, 0.4) is 0 Å². The quantitative estimate of drug-likeness (QED) is 0.432. The van der Waals surface area contributed by atoms with E-state index in [2.05, 4.69) is 21.1 Å². The van der Waals surface area contributed by atoms with Gasteiger partial charge >= 0.3 is 0 Å². The lowest BCUT2D eigenvalue weighted by Gasteiger charge is -2.13. The number of H-pyrrole nitrogens is 1. The maximum Gasteiger partial charge on any atom is 0.261 e. The molecular formula is C26H29N3O4S. The average molecular weight is 480 g/mol. The molecule has 1 aliphatic carbocycles. The van der Waals surface area contributed by atoms with Crippen molar-refractivity contribution >= 4 is 32.5 Å². The van der Waals surface area contributed by atoms with Gasteiger partial charge in [-0.25, -0.2) is 8.42 Å². The Morgan fingerprint density at radius 1 is 1.06 bits per heavy atom. The lowest BCUT2D eigenvalue weighted by molar-refractivity contribution is 0.0953. The standard InChI is InChI=1S/C26H29N3O4S/c1-17-12-18(2)14-20(13-17)29-34(32,33)21-8-9-24-22(15-21)25(30)23(16-28-24)26(31)27-11-10-19-6-4-3-5-7-19/h6,8-9,12-16,29H,3-5,7,10-11H2,1-2H3,(H,27,31)(H,28,30). The number of sulfonamides is 1. The minimum atomic E-state index is -3.92. The number of aryl methyl sites for hydroxylation is 2. The molecule has 7 nitrogen and oxygen atoms in total. The predicted molar refractivity (Wildman–Crippen MR) is 135 cm³/mol. The van der Waals surface area contributed by atoms with Gasteiger partial charge in [0.15, 0.2) is 0 Å². The summed E-state index contributed by atoms with van der Waals surface area (Å²) in [6, 6.07) is 9.70. The minimum Gasteiger partial charge on any atom is -0.360 e. The highest BCUT2D eigenvalue weighted by atomic mass is 32.2. The van der Waals surface area contributed by atoms with Gasteiger partial charge in [-0.2, -0.15) is 0 Å². The highest BCUT2D eigenvalue weighted by Crippen LogP contribution is 2.22. The van der Waals surface area contributed by atoms with Gasteiger partial charge in [-0.3, -0.25) is 14.3 Å². The van der Waals surface area contributed by atoms with Crippen LogP contribution in [-0.4, -0.2) is 25.9 Å². The third-order valence-electron chi connectivity index (χ3n) is 6.00. The van der Waals surface area contributed by atoms with Gasteiger partial charge in [-0.15, -0.1) is 0 Å². The molecule has 34 heavy (non-hydrogen) atoms. The van der Waals surface area contributed by atoms with Crippen molar-refractivity contribution in [3.05, 3.63) is 81.2 Å². The number of hydrogen-bond acceptors (Lipinski definition) is 4. The normalized spacial score (nSPS) is 14.0. The van der Waals surface area contributed by atoms with Gasteiger partial charge in [0.25, 0.3) is 15.9 Å². The second-order valence-electron chi connectivity index (χ2n) is 8.83. The fourth-order valence-corrected chi connectivity index (χ4v) is 5.41. The summed E-state index contributed by atoms with van der Waals surface area (Å²) >= 11 is 0. The summed E-state index contributed by atoms with van der Waals surface area (Å²) in [6.45, 7) is 4.23. The van der Waals surface area contributed by atoms with Crippen LogP contribution in [-0.2, 0) is 10.0 Å². The molecule has 1 aromatic heterocycles. The third kappa shape index (κ3) is 5.39. The average Bonchev–Trinajstić information content (AvgIpc) is 2.79. The number of carbonyl (C=O) groups excluding carboxylic acids is 1. The molecule has 0 bridgehead atoms. The Morgan fingerprint density at radius 2 is 1.82 bits per heavy atom. The summed E-state index contributed by atoms with van der Waals surface area (Å²) in [6.07, 6.45) is 8.89. The lowest BCUT2D eigenvalue weighted by Crippen LogP contribution is -2.30. The number of anilines is 1. The Bertz CT molecular complexity index is 1420. The summed E-state index contributed by atoms with van der Waals surface area (Å²) in [5.74, 6) is -0.471. The zero-order chi connectivity index (χ0) is 24.3. The van der Waals surface area contributed by atoms with Gasteiger partial charge in [-0.1, -0.05) is 17.7 Å². The smallest absolute Gasteiger partial charge is 0.261 e. The highest BCUT2D eigenvalue weighted by Gasteiger charge is 2.18. The summed E-state index contributed by atoms with van der Waals surface area (Å²) in [5.41, 5.74) is 3.57. The van der Waals surface area contributed by atoms with E-state index in [4.69, 9.17) is 0 Å². The van der Waals surface area contributed by atoms with Crippen molar-refractivity contribution in [2.24, 2.45) is 0 Å². The Hall–Kier alpha value is -3.39. The fraction of sp³-hybridized carbons (Fsp3) is 0.308. The molecule has 8 heteroatoms. The molecule has 0 saturated heterocycles. The monoisotopic (exact) mass is 479 g/mol. The van der Waals surface area contributed by atoms with Gasteiger partial charge in [0.05, 0.1) is 4.90 Å². The number of nitrogens with one attached hydrogen (secondary N) is 3. The van der Waals surface area contributed by atoms with E-state index < -0.39 is 21.4 Å². The van der Waals surface area contributed by atoms with E-state index >= 15 is 0 Å². The molecule has 3 N–H and O–H groups in total. The Kier molecular flexibility index (Phi) is 6.88. The zero-order valence-electron chi connectivity index (χ0n) is 19.4. The summed E-state index contributed by atoms with van der Waals surface area (Å²) in [7, 11) is -3.92. The van der Waals surface area contributed by atoms with E-state index in [-0.39, 0.29) is 15.8 Å². The van der Waals surface area contributed by atoms with E-state index in [1.54, 1.807) is 12.1 Å². The Balaban J connectivity index is 1.56. The first-order valence-electron chi connectivity index (χ1n) is 11.5. The van der Waals surface area contributed by atoms with Crippen molar-refractivity contribution in [2.45, 2.75) is 50.8 Å². The van der Waals surface area contributed by atoms with Gasteiger partial charge in [0.1, 0.15) is 5.56 Å². The summed E-state index contributed by atoms with van der Waals surface area (Å²) in [4.78, 5) is 28.6. The van der Waals surface area contributed by atoms with E-state index in [1.165, 1.54) is 42.8 Å². The first-order chi connectivity index (χ1) is 16.2. The minimum absolute atomic E-state index is 0.0399. The van der Waals surface area contributed by atoms with Crippen LogP contribution in [0.4, 0.5) is 5.69 Å². The maximum absolute atomic E-state index is 13.1. The zero-order valence-corrected chi connectivity index (χ0v) is 20.2. The molecular weight excluding hydrogens is 450 g/mol. The molecule has 0 unspecified atom stereocenters. The van der Waals surface area contributed by atoms with Gasteiger partial charge in [0, 0.05) is 29.3 Å². The molecule has 3 aromatic rings. The van der Waals surface area contributed by atoms with Crippen molar-refractivity contribution in [1.82, 2.24) is 10.3 Å². The van der Waals surface area contributed by atoms with Crippen molar-refractivity contribution in [1.29, 1.82) is 0 Å². The van der Waals surface area contributed by atoms with E-state index in [0.29, 0.717) is 17.7 Å². The van der Waals surface area contributed by atoms with Gasteiger partial charge in [0.2, 0.25) is 5.43 Å². The molecule has 0 radical (unpaired) electrons. The largest absolute Gasteiger partial charge is 0.360 e. The van der Waals surface area contributed by atoms with E-state index in [9.17, 15) is 18.0 Å². The fourth-order valence-electron chi connectivity index (χ4n) is 4.34. The summed E-state index contributed by atoms with van der Waals surface area (Å²) < 4.78 is 28.5. The molecule has 4 rings (SSSR count). The van der Waals surface area contributed by atoms with Crippen LogP contribution in [0.1, 0.15) is 53.6 Å². The van der Waals surface area contributed by atoms with Crippen molar-refractivity contribution in [3.63, 3.8) is 0 Å². The summed E-state index contributed by atoms with van der Waals surface area (Å²) in [5, 5.41) is 2.95. The SMILES string of the molecule is Cc1cc(C)cc(NS(=O)(=O)c2ccc3[nH]cc(C(=O)NCCC4=CCCCC4)c(=O)c3c2)c1. The molecule has 1 aliphatic rings. The number of hydrogen-bond donors (Lipinski definition) is 3. The first kappa shape index (κ1) is 23.8. The van der Waals surface area contributed by atoms with Crippen LogP contribution < -0.4 is 15.5 Å². The van der Waals surface area contributed by atoms with Crippen LogP contribution in [0.15, 0.2) is 63.9 Å². The molecule has 1 heterocycles. The van der Waals surface area contributed by atoms with Crippen molar-refractivity contribution in [3.8, 4) is 0 Å². The molecule has 0 saturated carbocycles. The topological polar surface area (TPSA) is 108 Å². The van der Waals surface area contributed by atoms with Crippen molar-refractivity contribution in [2.75, 3.05) is 11.3 Å². The van der Waals surface area contributed by atoms with Crippen LogP contribution in [0.25, 0.3) is 10.9 Å². The second-order valence-corrected chi connectivity index (χ2v) is 10.5. The highest BCUT2D eigenvalue weighted by molar-refractivity contribution is 7.92. The van der Waals surface area contributed by atoms with Crippen LogP contribution in [0.5, 0.6) is 0 Å². The van der Waals surface area contributed by atoms with Crippen LogP contribution in [0, 0.1) is 13.8 Å². The molecule has 0 fully saturated rings. The van der Waals surface area contributed by atoms with Gasteiger partial charge in [-0.05, 0) is 87.4 Å². The second kappa shape index (κ2) is 9.85. The molecule has 0 spiro atoms. The molecule has 0 aliphatic heterocycles.